The van der Waals surface area contributed by atoms with E-state index in [1.165, 1.54) is 25.7 Å². The highest BCUT2D eigenvalue weighted by atomic mass is 16.5. The summed E-state index contributed by atoms with van der Waals surface area (Å²) in [5.41, 5.74) is 2.50. The number of aromatic nitrogens is 1. The van der Waals surface area contributed by atoms with Crippen molar-refractivity contribution in [2.45, 2.75) is 25.7 Å². The molecule has 1 aromatic heterocycles. The number of nitriles is 1. The van der Waals surface area contributed by atoms with Gasteiger partial charge in [-0.05, 0) is 18.9 Å². The summed E-state index contributed by atoms with van der Waals surface area (Å²) in [6, 6.07) is 8.21. The van der Waals surface area contributed by atoms with Crippen LogP contribution in [0.2, 0.25) is 0 Å². The number of pyridine rings is 1. The minimum Gasteiger partial charge on any atom is -0.494 e. The fourth-order valence-corrected chi connectivity index (χ4v) is 3.06. The van der Waals surface area contributed by atoms with E-state index in [2.05, 4.69) is 16.0 Å². The summed E-state index contributed by atoms with van der Waals surface area (Å²) >= 11 is 0. The van der Waals surface area contributed by atoms with Crippen molar-refractivity contribution in [2.75, 3.05) is 25.1 Å². The lowest BCUT2D eigenvalue weighted by molar-refractivity contribution is 0.419. The molecule has 0 radical (unpaired) electrons. The van der Waals surface area contributed by atoms with Crippen molar-refractivity contribution in [3.63, 3.8) is 0 Å². The number of benzene rings is 1. The van der Waals surface area contributed by atoms with Crippen LogP contribution < -0.4 is 9.64 Å². The molecule has 0 unspecified atom stereocenters. The Labute approximate surface area is 125 Å². The molecule has 2 aromatic rings. The summed E-state index contributed by atoms with van der Waals surface area (Å²) in [5.74, 6) is 0.757. The first-order valence-corrected chi connectivity index (χ1v) is 7.46. The number of fused-ring (bicyclic) bond motifs is 1. The van der Waals surface area contributed by atoms with Gasteiger partial charge >= 0.3 is 0 Å². The normalized spacial score (nSPS) is 15.5. The molecule has 1 aliphatic heterocycles. The Bertz CT molecular complexity index is 682. The molecule has 108 valence electrons. The summed E-state index contributed by atoms with van der Waals surface area (Å²) < 4.78 is 5.40. The molecule has 0 spiro atoms. The number of hydrogen-bond donors (Lipinski definition) is 0. The van der Waals surface area contributed by atoms with Crippen molar-refractivity contribution in [2.24, 2.45) is 0 Å². The lowest BCUT2D eigenvalue weighted by Crippen LogP contribution is -2.25. The van der Waals surface area contributed by atoms with E-state index >= 15 is 0 Å². The zero-order valence-electron chi connectivity index (χ0n) is 12.3. The maximum Gasteiger partial charge on any atom is 0.145 e. The minimum atomic E-state index is 0.651. The van der Waals surface area contributed by atoms with E-state index in [1.54, 1.807) is 13.3 Å². The minimum absolute atomic E-state index is 0.651. The van der Waals surface area contributed by atoms with Crippen molar-refractivity contribution >= 4 is 16.6 Å². The Morgan fingerprint density at radius 1 is 1.19 bits per heavy atom. The van der Waals surface area contributed by atoms with Crippen LogP contribution in [-0.2, 0) is 0 Å². The average molecular weight is 281 g/mol. The molecule has 0 atom stereocenters. The molecule has 4 heteroatoms. The average Bonchev–Trinajstić information content (AvgIpc) is 2.82. The molecular formula is C17H19N3O. The molecule has 0 saturated carbocycles. The Morgan fingerprint density at radius 3 is 2.62 bits per heavy atom. The van der Waals surface area contributed by atoms with Crippen LogP contribution >= 0.6 is 0 Å². The summed E-state index contributed by atoms with van der Waals surface area (Å²) in [6.07, 6.45) is 6.57. The van der Waals surface area contributed by atoms with E-state index in [-0.39, 0.29) is 0 Å². The summed E-state index contributed by atoms with van der Waals surface area (Å²) in [6.45, 7) is 2.01. The molecule has 0 N–H and O–H groups in total. The van der Waals surface area contributed by atoms with Crippen molar-refractivity contribution < 1.29 is 4.74 Å². The van der Waals surface area contributed by atoms with Crippen LogP contribution in [0.5, 0.6) is 5.75 Å². The second-order valence-corrected chi connectivity index (χ2v) is 5.39. The number of methoxy groups -OCH3 is 1. The highest BCUT2D eigenvalue weighted by molar-refractivity contribution is 5.97. The predicted octanol–water partition coefficient (Wildman–Crippen LogP) is 3.50. The molecule has 0 amide bonds. The molecule has 0 aliphatic carbocycles. The third-order valence-corrected chi connectivity index (χ3v) is 4.09. The van der Waals surface area contributed by atoms with Crippen LogP contribution in [0.15, 0.2) is 24.4 Å². The second-order valence-electron chi connectivity index (χ2n) is 5.39. The van der Waals surface area contributed by atoms with Crippen LogP contribution in [0.1, 0.15) is 31.2 Å². The van der Waals surface area contributed by atoms with E-state index < -0.39 is 0 Å². The van der Waals surface area contributed by atoms with Gasteiger partial charge in [0, 0.05) is 24.7 Å². The van der Waals surface area contributed by atoms with Gasteiger partial charge in [-0.1, -0.05) is 25.0 Å². The largest absolute Gasteiger partial charge is 0.494 e. The van der Waals surface area contributed by atoms with Gasteiger partial charge < -0.3 is 9.64 Å². The molecule has 2 heterocycles. The van der Waals surface area contributed by atoms with Gasteiger partial charge in [-0.3, -0.25) is 4.98 Å². The van der Waals surface area contributed by atoms with Gasteiger partial charge in [0.15, 0.2) is 0 Å². The molecule has 1 aromatic carbocycles. The standard InChI is InChI=1S/C17H19N3O/c1-21-15-8-6-7-14-16(15)19-12-13(11-18)17(14)20-9-4-2-3-5-10-20/h6-8,12H,2-5,9-10H2,1H3. The quantitative estimate of drug-likeness (QED) is 0.845. The Hall–Kier alpha value is -2.28. The molecule has 0 bridgehead atoms. The fraction of sp³-hybridized carbons (Fsp3) is 0.412. The van der Waals surface area contributed by atoms with Gasteiger partial charge in [0.25, 0.3) is 0 Å². The maximum absolute atomic E-state index is 9.46. The van der Waals surface area contributed by atoms with Gasteiger partial charge in [0.2, 0.25) is 0 Å². The van der Waals surface area contributed by atoms with E-state index in [0.717, 1.165) is 35.4 Å². The van der Waals surface area contributed by atoms with Crippen LogP contribution in [-0.4, -0.2) is 25.2 Å². The second kappa shape index (κ2) is 6.01. The van der Waals surface area contributed by atoms with Gasteiger partial charge in [-0.15, -0.1) is 0 Å². The lowest BCUT2D eigenvalue weighted by atomic mass is 10.1. The topological polar surface area (TPSA) is 49.1 Å². The summed E-state index contributed by atoms with van der Waals surface area (Å²) in [5, 5.41) is 10.5. The van der Waals surface area contributed by atoms with Crippen LogP contribution in [0.25, 0.3) is 10.9 Å². The zero-order valence-corrected chi connectivity index (χ0v) is 12.3. The smallest absolute Gasteiger partial charge is 0.145 e. The third-order valence-electron chi connectivity index (χ3n) is 4.09. The summed E-state index contributed by atoms with van der Waals surface area (Å²) in [4.78, 5) is 6.77. The Morgan fingerprint density at radius 2 is 1.95 bits per heavy atom. The molecule has 1 aliphatic rings. The molecule has 3 rings (SSSR count). The van der Waals surface area contributed by atoms with Gasteiger partial charge in [-0.25, -0.2) is 0 Å². The van der Waals surface area contributed by atoms with Crippen LogP contribution in [0, 0.1) is 11.3 Å². The van der Waals surface area contributed by atoms with Gasteiger partial charge in [0.1, 0.15) is 17.3 Å². The maximum atomic E-state index is 9.46. The zero-order chi connectivity index (χ0) is 14.7. The molecular weight excluding hydrogens is 262 g/mol. The highest BCUT2D eigenvalue weighted by Gasteiger charge is 2.18. The van der Waals surface area contributed by atoms with Gasteiger partial charge in [0.05, 0.1) is 18.4 Å². The first kappa shape index (κ1) is 13.7. The van der Waals surface area contributed by atoms with Crippen LogP contribution in [0.4, 0.5) is 5.69 Å². The number of rotatable bonds is 2. The monoisotopic (exact) mass is 281 g/mol. The number of ether oxygens (including phenoxy) is 1. The molecule has 1 saturated heterocycles. The van der Waals surface area contributed by atoms with E-state index in [0.29, 0.717) is 5.56 Å². The number of para-hydroxylation sites is 1. The van der Waals surface area contributed by atoms with Crippen LogP contribution in [0.3, 0.4) is 0 Å². The van der Waals surface area contributed by atoms with Crippen molar-refractivity contribution in [1.82, 2.24) is 4.98 Å². The van der Waals surface area contributed by atoms with Gasteiger partial charge in [-0.2, -0.15) is 5.26 Å². The fourth-order valence-electron chi connectivity index (χ4n) is 3.06. The SMILES string of the molecule is COc1cccc2c(N3CCCCCC3)c(C#N)cnc12. The van der Waals surface area contributed by atoms with E-state index in [4.69, 9.17) is 4.74 Å². The molecule has 21 heavy (non-hydrogen) atoms. The number of hydrogen-bond acceptors (Lipinski definition) is 4. The van der Waals surface area contributed by atoms with Crippen molar-refractivity contribution in [3.05, 3.63) is 30.0 Å². The Kier molecular flexibility index (Phi) is 3.92. The summed E-state index contributed by atoms with van der Waals surface area (Å²) in [7, 11) is 1.65. The first-order valence-electron chi connectivity index (χ1n) is 7.46. The Balaban J connectivity index is 2.20. The van der Waals surface area contributed by atoms with E-state index in [9.17, 15) is 5.26 Å². The third kappa shape index (κ3) is 2.52. The predicted molar refractivity (Wildman–Crippen MR) is 83.7 cm³/mol. The molecule has 1 fully saturated rings. The number of nitrogens with zero attached hydrogens (tertiary/aromatic N) is 3. The highest BCUT2D eigenvalue weighted by Crippen LogP contribution is 2.34. The molecule has 4 nitrogen and oxygen atoms in total. The van der Waals surface area contributed by atoms with Crippen molar-refractivity contribution in [3.8, 4) is 11.8 Å². The number of anilines is 1. The van der Waals surface area contributed by atoms with E-state index in [1.807, 2.05) is 18.2 Å². The van der Waals surface area contributed by atoms with Crippen molar-refractivity contribution in [1.29, 1.82) is 5.26 Å². The first-order chi connectivity index (χ1) is 10.3. The lowest BCUT2D eigenvalue weighted by Gasteiger charge is -2.25.